The minimum Gasteiger partial charge on any atom is -0.322 e. The Labute approximate surface area is 155 Å². The van der Waals surface area contributed by atoms with Crippen molar-refractivity contribution in [2.75, 3.05) is 19.4 Å². The highest BCUT2D eigenvalue weighted by atomic mass is 35.5. The lowest BCUT2D eigenvalue weighted by Crippen LogP contribution is -2.23. The molecule has 24 heavy (non-hydrogen) atoms. The van der Waals surface area contributed by atoms with E-state index in [0.29, 0.717) is 15.7 Å². The Hall–Kier alpha value is -1.31. The summed E-state index contributed by atoms with van der Waals surface area (Å²) in [7, 11) is -0.883. The summed E-state index contributed by atoms with van der Waals surface area (Å²) in [5, 5.41) is 3.42. The minimum atomic E-state index is -3.68. The number of hydrogen-bond acceptors (Lipinski definition) is 3. The van der Waals surface area contributed by atoms with E-state index in [-0.39, 0.29) is 15.5 Å². The van der Waals surface area contributed by atoms with E-state index in [0.717, 1.165) is 4.31 Å². The van der Waals surface area contributed by atoms with Crippen LogP contribution in [0.5, 0.6) is 0 Å². The number of carbonyl (C=O) groups excluding carboxylic acids is 1. The molecule has 0 saturated carbocycles. The molecule has 2 aromatic rings. The summed E-state index contributed by atoms with van der Waals surface area (Å²) in [5.74, 6) is -0.575. The molecule has 2 aromatic carbocycles. The number of anilines is 1. The Morgan fingerprint density at radius 2 is 1.58 bits per heavy atom. The quantitative estimate of drug-likeness (QED) is 0.828. The van der Waals surface area contributed by atoms with E-state index < -0.39 is 15.9 Å². The maximum Gasteiger partial charge on any atom is 0.257 e. The standard InChI is InChI=1S/C15H13Cl3N2O3S/c1-20(2)24(22,23)12-3-4-14(18)13(8-12)15(21)19-11-6-9(16)5-10(17)7-11/h3-8H,1-2H3,(H,19,21). The Morgan fingerprint density at radius 1 is 1.00 bits per heavy atom. The van der Waals surface area contributed by atoms with Crippen LogP contribution in [0.1, 0.15) is 10.4 Å². The van der Waals surface area contributed by atoms with Crippen LogP contribution in [0.3, 0.4) is 0 Å². The first kappa shape index (κ1) is 19.0. The fraction of sp³-hybridized carbons (Fsp3) is 0.133. The molecule has 0 fully saturated rings. The molecule has 0 radical (unpaired) electrons. The minimum absolute atomic E-state index is 0.0238. The Morgan fingerprint density at radius 3 is 2.12 bits per heavy atom. The number of halogens is 3. The molecule has 0 bridgehead atoms. The van der Waals surface area contributed by atoms with Crippen LogP contribution < -0.4 is 5.32 Å². The molecule has 0 saturated heterocycles. The summed E-state index contributed by atoms with van der Waals surface area (Å²) in [6.45, 7) is 0. The van der Waals surface area contributed by atoms with Gasteiger partial charge in [0.1, 0.15) is 0 Å². The number of rotatable bonds is 4. The summed E-state index contributed by atoms with van der Waals surface area (Å²) in [5.41, 5.74) is 0.394. The molecular weight excluding hydrogens is 395 g/mol. The second kappa shape index (κ2) is 7.29. The number of amides is 1. The second-order valence-electron chi connectivity index (χ2n) is 5.04. The number of benzene rings is 2. The van der Waals surface area contributed by atoms with Crippen LogP contribution in [0.2, 0.25) is 15.1 Å². The first-order valence-electron chi connectivity index (χ1n) is 6.61. The van der Waals surface area contributed by atoms with Crippen LogP contribution in [0.4, 0.5) is 5.69 Å². The zero-order chi connectivity index (χ0) is 18.1. The fourth-order valence-electron chi connectivity index (χ4n) is 1.87. The van der Waals surface area contributed by atoms with Crippen LogP contribution in [0, 0.1) is 0 Å². The van der Waals surface area contributed by atoms with Crippen LogP contribution in [0.15, 0.2) is 41.3 Å². The van der Waals surface area contributed by atoms with E-state index in [1.807, 2.05) is 0 Å². The van der Waals surface area contributed by atoms with Gasteiger partial charge in [0.05, 0.1) is 15.5 Å². The highest BCUT2D eigenvalue weighted by Gasteiger charge is 2.21. The number of sulfonamides is 1. The lowest BCUT2D eigenvalue weighted by atomic mass is 10.2. The van der Waals surface area contributed by atoms with E-state index in [9.17, 15) is 13.2 Å². The smallest absolute Gasteiger partial charge is 0.257 e. The maximum atomic E-state index is 12.4. The third-order valence-corrected chi connectivity index (χ3v) is 5.66. The molecule has 1 N–H and O–H groups in total. The van der Waals surface area contributed by atoms with Gasteiger partial charge in [-0.3, -0.25) is 4.79 Å². The van der Waals surface area contributed by atoms with Gasteiger partial charge in [0, 0.05) is 29.8 Å². The molecule has 0 aliphatic heterocycles. The summed E-state index contributed by atoms with van der Waals surface area (Å²) < 4.78 is 25.4. The number of carbonyl (C=O) groups is 1. The van der Waals surface area contributed by atoms with Gasteiger partial charge in [-0.15, -0.1) is 0 Å². The van der Waals surface area contributed by atoms with Crippen LogP contribution in [-0.2, 0) is 10.0 Å². The predicted octanol–water partition coefficient (Wildman–Crippen LogP) is 4.15. The average molecular weight is 408 g/mol. The van der Waals surface area contributed by atoms with Crippen molar-refractivity contribution < 1.29 is 13.2 Å². The van der Waals surface area contributed by atoms with E-state index in [4.69, 9.17) is 34.8 Å². The van der Waals surface area contributed by atoms with Gasteiger partial charge in [-0.25, -0.2) is 12.7 Å². The van der Waals surface area contributed by atoms with Crippen molar-refractivity contribution >= 4 is 56.4 Å². The first-order chi connectivity index (χ1) is 11.1. The van der Waals surface area contributed by atoms with Gasteiger partial charge in [-0.1, -0.05) is 34.8 Å². The number of hydrogen-bond donors (Lipinski definition) is 1. The summed E-state index contributed by atoms with van der Waals surface area (Å²) >= 11 is 17.8. The zero-order valence-corrected chi connectivity index (χ0v) is 15.8. The van der Waals surface area contributed by atoms with Crippen molar-refractivity contribution in [3.05, 3.63) is 57.0 Å². The van der Waals surface area contributed by atoms with Gasteiger partial charge >= 0.3 is 0 Å². The highest BCUT2D eigenvalue weighted by molar-refractivity contribution is 7.89. The SMILES string of the molecule is CN(C)S(=O)(=O)c1ccc(Cl)c(C(=O)Nc2cc(Cl)cc(Cl)c2)c1. The molecule has 0 aliphatic carbocycles. The fourth-order valence-corrected chi connectivity index (χ4v) is 3.53. The van der Waals surface area contributed by atoms with Crippen molar-refractivity contribution in [3.63, 3.8) is 0 Å². The molecule has 2 rings (SSSR count). The first-order valence-corrected chi connectivity index (χ1v) is 9.18. The highest BCUT2D eigenvalue weighted by Crippen LogP contribution is 2.26. The van der Waals surface area contributed by atoms with Crippen LogP contribution in [-0.4, -0.2) is 32.7 Å². The molecule has 0 aromatic heterocycles. The Kier molecular flexibility index (Phi) is 5.78. The summed E-state index contributed by atoms with van der Waals surface area (Å²) in [4.78, 5) is 12.4. The molecule has 9 heteroatoms. The van der Waals surface area contributed by atoms with Gasteiger partial charge in [0.2, 0.25) is 10.0 Å². The van der Waals surface area contributed by atoms with E-state index in [1.165, 1.54) is 50.5 Å². The van der Waals surface area contributed by atoms with Gasteiger partial charge in [-0.05, 0) is 36.4 Å². The zero-order valence-electron chi connectivity index (χ0n) is 12.7. The van der Waals surface area contributed by atoms with Crippen molar-refractivity contribution in [2.45, 2.75) is 4.90 Å². The van der Waals surface area contributed by atoms with Crippen LogP contribution in [0.25, 0.3) is 0 Å². The van der Waals surface area contributed by atoms with E-state index in [1.54, 1.807) is 0 Å². The largest absolute Gasteiger partial charge is 0.322 e. The molecule has 128 valence electrons. The van der Waals surface area contributed by atoms with E-state index >= 15 is 0 Å². The third-order valence-electron chi connectivity index (χ3n) is 3.08. The molecule has 0 atom stereocenters. The van der Waals surface area contributed by atoms with Gasteiger partial charge in [0.25, 0.3) is 5.91 Å². The molecule has 0 unspecified atom stereocenters. The van der Waals surface area contributed by atoms with Crippen molar-refractivity contribution in [1.82, 2.24) is 4.31 Å². The van der Waals surface area contributed by atoms with Crippen LogP contribution >= 0.6 is 34.8 Å². The Balaban J connectivity index is 2.39. The molecule has 1 amide bonds. The van der Waals surface area contributed by atoms with Crippen molar-refractivity contribution in [3.8, 4) is 0 Å². The van der Waals surface area contributed by atoms with Gasteiger partial charge < -0.3 is 5.32 Å². The molecule has 5 nitrogen and oxygen atoms in total. The number of nitrogens with zero attached hydrogens (tertiary/aromatic N) is 1. The Bertz CT molecular complexity index is 879. The third kappa shape index (κ3) is 4.20. The topological polar surface area (TPSA) is 66.5 Å². The van der Waals surface area contributed by atoms with Crippen molar-refractivity contribution in [1.29, 1.82) is 0 Å². The average Bonchev–Trinajstić information content (AvgIpc) is 2.45. The summed E-state index contributed by atoms with van der Waals surface area (Å²) in [6, 6.07) is 8.47. The van der Waals surface area contributed by atoms with Crippen molar-refractivity contribution in [2.24, 2.45) is 0 Å². The lowest BCUT2D eigenvalue weighted by Gasteiger charge is -2.13. The molecule has 0 spiro atoms. The molecule has 0 aliphatic rings. The van der Waals surface area contributed by atoms with Gasteiger partial charge in [-0.2, -0.15) is 0 Å². The maximum absolute atomic E-state index is 12.4. The second-order valence-corrected chi connectivity index (χ2v) is 8.47. The molecule has 0 heterocycles. The monoisotopic (exact) mass is 406 g/mol. The van der Waals surface area contributed by atoms with Gasteiger partial charge in [0.15, 0.2) is 0 Å². The lowest BCUT2D eigenvalue weighted by molar-refractivity contribution is 0.102. The summed E-state index contributed by atoms with van der Waals surface area (Å²) in [6.07, 6.45) is 0. The molecular formula is C15H13Cl3N2O3S. The predicted molar refractivity (Wildman–Crippen MR) is 96.7 cm³/mol. The number of nitrogens with one attached hydrogen (secondary N) is 1. The van der Waals surface area contributed by atoms with E-state index in [2.05, 4.69) is 5.32 Å². The normalized spacial score (nSPS) is 11.6.